The molecule has 0 fully saturated rings. The molecule has 5 rings (SSSR count). The van der Waals surface area contributed by atoms with Crippen LogP contribution in [-0.2, 0) is 46.9 Å². The van der Waals surface area contributed by atoms with Gasteiger partial charge in [-0.25, -0.2) is 4.98 Å². The number of hydrogen-bond acceptors (Lipinski definition) is 6. The van der Waals surface area contributed by atoms with Crippen LogP contribution in [-0.4, -0.2) is 52.2 Å². The predicted molar refractivity (Wildman–Crippen MR) is 140 cm³/mol. The number of amides is 1. The van der Waals surface area contributed by atoms with Crippen molar-refractivity contribution in [3.8, 4) is 5.75 Å². The zero-order chi connectivity index (χ0) is 28.1. The van der Waals surface area contributed by atoms with E-state index in [0.717, 1.165) is 41.6 Å². The van der Waals surface area contributed by atoms with Crippen molar-refractivity contribution in [2.24, 2.45) is 5.92 Å². The number of hydrogen-bond donors (Lipinski definition) is 1. The fourth-order valence-electron chi connectivity index (χ4n) is 5.07. The van der Waals surface area contributed by atoms with Crippen LogP contribution in [0, 0.1) is 5.92 Å². The summed E-state index contributed by atoms with van der Waals surface area (Å²) < 4.78 is 53.5. The molecular formula is C29H31F3N4O4. The molecule has 3 heterocycles. The van der Waals surface area contributed by atoms with E-state index in [-0.39, 0.29) is 26.0 Å². The van der Waals surface area contributed by atoms with Gasteiger partial charge in [-0.15, -0.1) is 0 Å². The van der Waals surface area contributed by atoms with E-state index >= 15 is 0 Å². The van der Waals surface area contributed by atoms with Crippen molar-refractivity contribution in [3.05, 3.63) is 77.1 Å². The summed E-state index contributed by atoms with van der Waals surface area (Å²) in [4.78, 5) is 31.1. The summed E-state index contributed by atoms with van der Waals surface area (Å²) in [7, 11) is 0. The van der Waals surface area contributed by atoms with Crippen LogP contribution in [0.4, 0.5) is 19.1 Å². The number of carbonyl (C=O) groups excluding carboxylic acids is 2. The van der Waals surface area contributed by atoms with Gasteiger partial charge >= 0.3 is 12.1 Å². The number of halogens is 3. The average Bonchev–Trinajstić information content (AvgIpc) is 3.29. The van der Waals surface area contributed by atoms with E-state index in [4.69, 9.17) is 9.47 Å². The number of esters is 1. The Kier molecular flexibility index (Phi) is 8.27. The number of aromatic nitrogens is 2. The van der Waals surface area contributed by atoms with Gasteiger partial charge in [-0.1, -0.05) is 36.4 Å². The number of fused-ring (bicyclic) bond motifs is 2. The highest BCUT2D eigenvalue weighted by molar-refractivity contribution is 5.84. The molecule has 0 bridgehead atoms. The predicted octanol–water partition coefficient (Wildman–Crippen LogP) is 4.52. The van der Waals surface area contributed by atoms with Gasteiger partial charge in [0, 0.05) is 32.3 Å². The lowest BCUT2D eigenvalue weighted by Crippen LogP contribution is -2.41. The third kappa shape index (κ3) is 7.13. The third-order valence-corrected chi connectivity index (χ3v) is 7.00. The lowest BCUT2D eigenvalue weighted by atomic mass is 9.94. The van der Waals surface area contributed by atoms with Gasteiger partial charge in [0.25, 0.3) is 0 Å². The summed E-state index contributed by atoms with van der Waals surface area (Å²) in [5.74, 6) is -0.960. The van der Waals surface area contributed by atoms with E-state index in [1.54, 1.807) is 30.3 Å². The molecule has 1 amide bonds. The summed E-state index contributed by atoms with van der Waals surface area (Å²) in [6, 6.07) is 14.2. The molecule has 1 aromatic heterocycles. The van der Waals surface area contributed by atoms with Crippen LogP contribution in [0.25, 0.3) is 0 Å². The Morgan fingerprint density at radius 2 is 1.95 bits per heavy atom. The van der Waals surface area contributed by atoms with E-state index in [1.807, 2.05) is 24.4 Å². The smallest absolute Gasteiger partial charge is 0.406 e. The number of nitrogens with zero attached hydrogens (tertiary/aromatic N) is 3. The van der Waals surface area contributed by atoms with Crippen LogP contribution in [0.5, 0.6) is 5.75 Å². The minimum Gasteiger partial charge on any atom is -0.493 e. The van der Waals surface area contributed by atoms with Crippen molar-refractivity contribution in [1.29, 1.82) is 0 Å². The maximum absolute atomic E-state index is 13.4. The molecule has 1 unspecified atom stereocenters. The Balaban J connectivity index is 1.25. The average molecular weight is 557 g/mol. The van der Waals surface area contributed by atoms with Gasteiger partial charge < -0.3 is 24.3 Å². The second kappa shape index (κ2) is 12.0. The van der Waals surface area contributed by atoms with Crippen LogP contribution in [0.15, 0.2) is 54.7 Å². The van der Waals surface area contributed by atoms with Crippen molar-refractivity contribution in [1.82, 2.24) is 14.5 Å². The SMILES string of the molecule is O=C(CC1Cc2ccc(OCCc3cn4c(n3)NCCC4)cc2CN(CC(F)(F)F)C1=O)OCc1ccccc1. The lowest BCUT2D eigenvalue weighted by Gasteiger charge is -2.25. The van der Waals surface area contributed by atoms with Crippen LogP contribution < -0.4 is 10.1 Å². The Morgan fingerprint density at radius 1 is 1.12 bits per heavy atom. The van der Waals surface area contributed by atoms with E-state index in [0.29, 0.717) is 29.9 Å². The Morgan fingerprint density at radius 3 is 2.73 bits per heavy atom. The van der Waals surface area contributed by atoms with Crippen molar-refractivity contribution >= 4 is 17.8 Å². The van der Waals surface area contributed by atoms with Crippen LogP contribution in [0.2, 0.25) is 0 Å². The standard InChI is InChI=1S/C29H31F3N4O4/c30-29(31,32)19-36-16-23-14-25(39-12-9-24-17-35-11-4-10-33-28(35)34-24)8-7-21(23)13-22(27(36)38)15-26(37)40-18-20-5-2-1-3-6-20/h1-3,5-8,14,17,22H,4,9-13,15-16,18-19H2,(H,33,34). The first kappa shape index (κ1) is 27.5. The Hall–Kier alpha value is -4.02. The van der Waals surface area contributed by atoms with Gasteiger partial charge in [0.05, 0.1) is 24.6 Å². The van der Waals surface area contributed by atoms with Gasteiger partial charge in [0.2, 0.25) is 11.9 Å². The molecule has 0 saturated heterocycles. The number of rotatable bonds is 9. The molecule has 212 valence electrons. The summed E-state index contributed by atoms with van der Waals surface area (Å²) in [5.41, 5.74) is 2.95. The fourth-order valence-corrected chi connectivity index (χ4v) is 5.07. The van der Waals surface area contributed by atoms with Crippen molar-refractivity contribution < 1.29 is 32.2 Å². The molecule has 0 spiro atoms. The highest BCUT2D eigenvalue weighted by atomic mass is 19.4. The Labute approximate surface area is 230 Å². The molecule has 40 heavy (non-hydrogen) atoms. The molecule has 1 N–H and O–H groups in total. The molecule has 3 aromatic rings. The quantitative estimate of drug-likeness (QED) is 0.391. The maximum Gasteiger partial charge on any atom is 0.406 e. The molecule has 2 aromatic carbocycles. The number of ether oxygens (including phenoxy) is 2. The van der Waals surface area contributed by atoms with Crippen LogP contribution in [0.1, 0.15) is 35.2 Å². The normalized spacial score (nSPS) is 16.9. The highest BCUT2D eigenvalue weighted by Gasteiger charge is 2.38. The molecule has 1 atom stereocenters. The second-order valence-electron chi connectivity index (χ2n) is 10.1. The summed E-state index contributed by atoms with van der Waals surface area (Å²) in [5, 5.41) is 3.25. The zero-order valence-electron chi connectivity index (χ0n) is 22.0. The van der Waals surface area contributed by atoms with Crippen molar-refractivity contribution in [2.45, 2.75) is 51.6 Å². The van der Waals surface area contributed by atoms with Crippen LogP contribution in [0.3, 0.4) is 0 Å². The number of benzene rings is 2. The van der Waals surface area contributed by atoms with Crippen molar-refractivity contribution in [3.63, 3.8) is 0 Å². The molecule has 0 radical (unpaired) electrons. The molecule has 2 aliphatic rings. The fraction of sp³-hybridized carbons (Fsp3) is 0.414. The summed E-state index contributed by atoms with van der Waals surface area (Å²) >= 11 is 0. The highest BCUT2D eigenvalue weighted by Crippen LogP contribution is 2.30. The van der Waals surface area contributed by atoms with E-state index in [9.17, 15) is 22.8 Å². The van der Waals surface area contributed by atoms with E-state index in [1.165, 1.54) is 0 Å². The van der Waals surface area contributed by atoms with Crippen LogP contribution >= 0.6 is 0 Å². The molecule has 8 nitrogen and oxygen atoms in total. The number of imidazole rings is 1. The molecule has 0 aliphatic carbocycles. The van der Waals surface area contributed by atoms with Gasteiger partial charge in [-0.3, -0.25) is 9.59 Å². The van der Waals surface area contributed by atoms with Gasteiger partial charge in [0.15, 0.2) is 0 Å². The largest absolute Gasteiger partial charge is 0.493 e. The number of alkyl halides is 3. The van der Waals surface area contributed by atoms with E-state index < -0.39 is 30.5 Å². The number of aryl methyl sites for hydroxylation is 1. The first-order valence-electron chi connectivity index (χ1n) is 13.3. The molecule has 2 aliphatic heterocycles. The first-order chi connectivity index (χ1) is 19.2. The lowest BCUT2D eigenvalue weighted by molar-refractivity contribution is -0.166. The van der Waals surface area contributed by atoms with Gasteiger partial charge in [0.1, 0.15) is 18.9 Å². The van der Waals surface area contributed by atoms with Gasteiger partial charge in [-0.05, 0) is 41.7 Å². The monoisotopic (exact) mass is 556 g/mol. The summed E-state index contributed by atoms with van der Waals surface area (Å²) in [6.07, 6.45) is -1.14. The zero-order valence-corrected chi connectivity index (χ0v) is 22.0. The van der Waals surface area contributed by atoms with Crippen molar-refractivity contribution in [2.75, 3.05) is 25.0 Å². The maximum atomic E-state index is 13.4. The van der Waals surface area contributed by atoms with E-state index in [2.05, 4.69) is 14.9 Å². The topological polar surface area (TPSA) is 85.7 Å². The number of nitrogens with one attached hydrogen (secondary N) is 1. The molecular weight excluding hydrogens is 525 g/mol. The second-order valence-corrected chi connectivity index (χ2v) is 10.1. The minimum atomic E-state index is -4.58. The molecule has 11 heteroatoms. The molecule has 0 saturated carbocycles. The minimum absolute atomic E-state index is 0.0300. The summed E-state index contributed by atoms with van der Waals surface area (Å²) in [6.45, 7) is 0.564. The first-order valence-corrected chi connectivity index (χ1v) is 13.3. The Bertz CT molecular complexity index is 1320. The number of carbonyl (C=O) groups is 2. The third-order valence-electron chi connectivity index (χ3n) is 7.00. The number of anilines is 1. The van der Waals surface area contributed by atoms with Gasteiger partial charge in [-0.2, -0.15) is 13.2 Å².